The third-order valence-electron chi connectivity index (χ3n) is 3.10. The lowest BCUT2D eigenvalue weighted by atomic mass is 9.94. The molecule has 1 saturated heterocycles. The molecule has 2 rings (SSSR count). The SMILES string of the molecule is CCOC1(c2nc(C(C)N)cs2)CCOCC1. The van der Waals surface area contributed by atoms with Crippen LogP contribution in [0.4, 0.5) is 0 Å². The largest absolute Gasteiger partial charge is 0.381 e. The van der Waals surface area contributed by atoms with E-state index in [0.29, 0.717) is 6.61 Å². The van der Waals surface area contributed by atoms with Crippen molar-refractivity contribution in [3.05, 3.63) is 16.1 Å². The summed E-state index contributed by atoms with van der Waals surface area (Å²) in [6, 6.07) is -0.0153. The Balaban J connectivity index is 2.24. The van der Waals surface area contributed by atoms with E-state index in [1.807, 2.05) is 19.2 Å². The van der Waals surface area contributed by atoms with E-state index in [4.69, 9.17) is 15.2 Å². The molecule has 1 atom stereocenters. The van der Waals surface area contributed by atoms with Crippen LogP contribution in [0.15, 0.2) is 5.38 Å². The molecule has 0 bridgehead atoms. The lowest BCUT2D eigenvalue weighted by molar-refractivity contribution is -0.112. The fraction of sp³-hybridized carbons (Fsp3) is 0.750. The fourth-order valence-electron chi connectivity index (χ4n) is 2.10. The average Bonchev–Trinajstić information content (AvgIpc) is 2.80. The van der Waals surface area contributed by atoms with Gasteiger partial charge in [0.2, 0.25) is 0 Å². The molecule has 1 aliphatic rings. The predicted molar refractivity (Wildman–Crippen MR) is 68.1 cm³/mol. The van der Waals surface area contributed by atoms with E-state index in [9.17, 15) is 0 Å². The van der Waals surface area contributed by atoms with Crippen molar-refractivity contribution >= 4 is 11.3 Å². The highest BCUT2D eigenvalue weighted by atomic mass is 32.1. The Labute approximate surface area is 106 Å². The van der Waals surface area contributed by atoms with Crippen molar-refractivity contribution in [3.63, 3.8) is 0 Å². The molecule has 1 fully saturated rings. The van der Waals surface area contributed by atoms with E-state index >= 15 is 0 Å². The van der Waals surface area contributed by atoms with Gasteiger partial charge in [0, 0.05) is 44.1 Å². The smallest absolute Gasteiger partial charge is 0.125 e. The van der Waals surface area contributed by atoms with Crippen LogP contribution in [-0.4, -0.2) is 24.8 Å². The van der Waals surface area contributed by atoms with Gasteiger partial charge in [-0.05, 0) is 13.8 Å². The van der Waals surface area contributed by atoms with Gasteiger partial charge in [0.15, 0.2) is 0 Å². The van der Waals surface area contributed by atoms with Crippen LogP contribution >= 0.6 is 11.3 Å². The minimum atomic E-state index is -0.245. The summed E-state index contributed by atoms with van der Waals surface area (Å²) in [4.78, 5) is 4.64. The Morgan fingerprint density at radius 3 is 2.82 bits per heavy atom. The second kappa shape index (κ2) is 5.44. The van der Waals surface area contributed by atoms with Crippen LogP contribution in [0.25, 0.3) is 0 Å². The highest BCUT2D eigenvalue weighted by Crippen LogP contribution is 2.38. The first-order valence-electron chi connectivity index (χ1n) is 6.11. The quantitative estimate of drug-likeness (QED) is 0.897. The van der Waals surface area contributed by atoms with E-state index in [-0.39, 0.29) is 11.6 Å². The highest BCUT2D eigenvalue weighted by molar-refractivity contribution is 7.09. The molecule has 2 heterocycles. The Morgan fingerprint density at radius 2 is 2.29 bits per heavy atom. The summed E-state index contributed by atoms with van der Waals surface area (Å²) in [6.45, 7) is 6.17. The van der Waals surface area contributed by atoms with Gasteiger partial charge in [-0.25, -0.2) is 4.98 Å². The number of thiazole rings is 1. The number of ether oxygens (including phenoxy) is 2. The topological polar surface area (TPSA) is 57.4 Å². The van der Waals surface area contributed by atoms with Crippen molar-refractivity contribution in [2.45, 2.75) is 38.3 Å². The Bertz CT molecular complexity index is 354. The first-order valence-corrected chi connectivity index (χ1v) is 6.99. The Kier molecular flexibility index (Phi) is 4.14. The van der Waals surface area contributed by atoms with Crippen molar-refractivity contribution in [3.8, 4) is 0 Å². The van der Waals surface area contributed by atoms with E-state index in [1.165, 1.54) is 0 Å². The van der Waals surface area contributed by atoms with Gasteiger partial charge >= 0.3 is 0 Å². The van der Waals surface area contributed by atoms with Crippen molar-refractivity contribution in [2.24, 2.45) is 5.73 Å². The van der Waals surface area contributed by atoms with E-state index in [1.54, 1.807) is 11.3 Å². The number of nitrogens with zero attached hydrogens (tertiary/aromatic N) is 1. The molecule has 4 nitrogen and oxygen atoms in total. The zero-order valence-corrected chi connectivity index (χ0v) is 11.3. The van der Waals surface area contributed by atoms with E-state index < -0.39 is 0 Å². The maximum absolute atomic E-state index is 5.98. The zero-order chi connectivity index (χ0) is 12.3. The van der Waals surface area contributed by atoms with Crippen LogP contribution in [0.3, 0.4) is 0 Å². The standard InChI is InChI=1S/C12H20N2O2S/c1-3-16-12(4-6-15-7-5-12)11-14-10(8-17-11)9(2)13/h8-9H,3-7,13H2,1-2H3. The number of rotatable bonds is 4. The summed E-state index contributed by atoms with van der Waals surface area (Å²) >= 11 is 1.65. The molecule has 1 aliphatic heterocycles. The van der Waals surface area contributed by atoms with Gasteiger partial charge in [0.1, 0.15) is 10.6 Å². The third-order valence-corrected chi connectivity index (χ3v) is 4.15. The lowest BCUT2D eigenvalue weighted by Gasteiger charge is -2.35. The first kappa shape index (κ1) is 13.0. The molecule has 1 aromatic rings. The normalized spacial score (nSPS) is 21.4. The molecule has 0 aliphatic carbocycles. The maximum Gasteiger partial charge on any atom is 0.125 e. The molecule has 0 radical (unpaired) electrons. The molecule has 1 unspecified atom stereocenters. The summed E-state index contributed by atoms with van der Waals surface area (Å²) in [5.41, 5.74) is 6.56. The summed E-state index contributed by atoms with van der Waals surface area (Å²) in [5, 5.41) is 3.09. The third kappa shape index (κ3) is 2.68. The lowest BCUT2D eigenvalue weighted by Crippen LogP contribution is -2.36. The predicted octanol–water partition coefficient (Wildman–Crippen LogP) is 2.21. The minimum Gasteiger partial charge on any atom is -0.381 e. The van der Waals surface area contributed by atoms with Crippen LogP contribution < -0.4 is 5.73 Å². The summed E-state index contributed by atoms with van der Waals surface area (Å²) in [7, 11) is 0. The monoisotopic (exact) mass is 256 g/mol. The molecule has 5 heteroatoms. The van der Waals surface area contributed by atoms with Crippen molar-refractivity contribution < 1.29 is 9.47 Å². The average molecular weight is 256 g/mol. The Hall–Kier alpha value is -0.490. The molecule has 0 saturated carbocycles. The number of nitrogens with two attached hydrogens (primary N) is 1. The molecule has 17 heavy (non-hydrogen) atoms. The molecular formula is C12H20N2O2S. The summed E-state index contributed by atoms with van der Waals surface area (Å²) in [5.74, 6) is 0. The van der Waals surface area contributed by atoms with Crippen LogP contribution in [0.2, 0.25) is 0 Å². The number of hydrogen-bond acceptors (Lipinski definition) is 5. The number of aromatic nitrogens is 1. The summed E-state index contributed by atoms with van der Waals surface area (Å²) in [6.07, 6.45) is 1.76. The second-order valence-electron chi connectivity index (χ2n) is 4.41. The summed E-state index contributed by atoms with van der Waals surface area (Å²) < 4.78 is 11.4. The van der Waals surface area contributed by atoms with Gasteiger partial charge in [-0.15, -0.1) is 11.3 Å². The Morgan fingerprint density at radius 1 is 1.59 bits per heavy atom. The van der Waals surface area contributed by atoms with Gasteiger partial charge < -0.3 is 15.2 Å². The zero-order valence-electron chi connectivity index (χ0n) is 10.4. The molecule has 0 amide bonds. The first-order chi connectivity index (χ1) is 8.18. The molecule has 1 aromatic heterocycles. The van der Waals surface area contributed by atoms with Crippen LogP contribution in [0.5, 0.6) is 0 Å². The second-order valence-corrected chi connectivity index (χ2v) is 5.26. The fourth-order valence-corrected chi connectivity index (χ4v) is 3.24. The maximum atomic E-state index is 5.98. The van der Waals surface area contributed by atoms with E-state index in [0.717, 1.165) is 36.8 Å². The van der Waals surface area contributed by atoms with E-state index in [2.05, 4.69) is 4.98 Å². The molecule has 0 spiro atoms. The van der Waals surface area contributed by atoms with Gasteiger partial charge in [-0.3, -0.25) is 0 Å². The van der Waals surface area contributed by atoms with Crippen molar-refractivity contribution in [1.82, 2.24) is 4.98 Å². The molecule has 96 valence electrons. The number of hydrogen-bond donors (Lipinski definition) is 1. The van der Waals surface area contributed by atoms with Crippen LogP contribution in [-0.2, 0) is 15.1 Å². The molecule has 0 aromatic carbocycles. The van der Waals surface area contributed by atoms with Gasteiger partial charge in [-0.2, -0.15) is 0 Å². The minimum absolute atomic E-state index is 0.0153. The van der Waals surface area contributed by atoms with Crippen molar-refractivity contribution in [1.29, 1.82) is 0 Å². The van der Waals surface area contributed by atoms with Crippen LogP contribution in [0.1, 0.15) is 43.4 Å². The van der Waals surface area contributed by atoms with Crippen LogP contribution in [0, 0.1) is 0 Å². The van der Waals surface area contributed by atoms with Gasteiger partial charge in [0.25, 0.3) is 0 Å². The van der Waals surface area contributed by atoms with Gasteiger partial charge in [0.05, 0.1) is 5.69 Å². The van der Waals surface area contributed by atoms with Crippen molar-refractivity contribution in [2.75, 3.05) is 19.8 Å². The highest BCUT2D eigenvalue weighted by Gasteiger charge is 2.38. The molecular weight excluding hydrogens is 236 g/mol. The van der Waals surface area contributed by atoms with Gasteiger partial charge in [-0.1, -0.05) is 0 Å². The molecule has 2 N–H and O–H groups in total.